The number of urea groups is 1. The number of carbonyl (C=O) groups is 4. The summed E-state index contributed by atoms with van der Waals surface area (Å²) in [5.41, 5.74) is -0.00115. The molecule has 9 nitrogen and oxygen atoms in total. The van der Waals surface area contributed by atoms with Gasteiger partial charge in [-0.1, -0.05) is 6.08 Å². The number of rotatable bonds is 4. The van der Waals surface area contributed by atoms with E-state index in [2.05, 4.69) is 15.6 Å². The number of ketones is 1. The monoisotopic (exact) mass is 468 g/mol. The predicted octanol–water partition coefficient (Wildman–Crippen LogP) is 2.04. The Bertz CT molecular complexity index is 1160. The first-order valence-corrected chi connectivity index (χ1v) is 11.4. The van der Waals surface area contributed by atoms with Gasteiger partial charge in [0.15, 0.2) is 11.2 Å². The molecule has 4 amide bonds. The fourth-order valence-electron chi connectivity index (χ4n) is 5.66. The lowest BCUT2D eigenvalue weighted by Gasteiger charge is -2.55. The summed E-state index contributed by atoms with van der Waals surface area (Å²) >= 11 is 0. The van der Waals surface area contributed by atoms with E-state index in [-0.39, 0.29) is 42.5 Å². The van der Waals surface area contributed by atoms with Crippen LogP contribution in [-0.2, 0) is 20.7 Å². The molecule has 1 aromatic carbocycles. The lowest BCUT2D eigenvalue weighted by Crippen LogP contribution is -2.75. The minimum absolute atomic E-state index is 0.162. The minimum atomic E-state index is -1.71. The number of aliphatic imine (C=N–C) groups is 1. The van der Waals surface area contributed by atoms with E-state index in [0.717, 1.165) is 5.71 Å². The van der Waals surface area contributed by atoms with Crippen molar-refractivity contribution in [1.82, 2.24) is 10.6 Å². The first kappa shape index (κ1) is 22.4. The topological polar surface area (TPSA) is 117 Å². The van der Waals surface area contributed by atoms with Gasteiger partial charge in [-0.25, -0.2) is 9.18 Å². The van der Waals surface area contributed by atoms with E-state index in [4.69, 9.17) is 4.74 Å². The zero-order chi connectivity index (χ0) is 24.2. The number of ether oxygens (including phenoxy) is 1. The van der Waals surface area contributed by atoms with Crippen molar-refractivity contribution >= 4 is 35.0 Å². The molecule has 0 unspecified atom stereocenters. The number of barbiturate groups is 1. The average molecular weight is 468 g/mol. The Balaban J connectivity index is 1.56. The maximum atomic E-state index is 15.5. The van der Waals surface area contributed by atoms with Crippen LogP contribution in [0.5, 0.6) is 0 Å². The van der Waals surface area contributed by atoms with Crippen LogP contribution in [0.4, 0.5) is 14.9 Å². The van der Waals surface area contributed by atoms with Crippen molar-refractivity contribution in [2.75, 3.05) is 11.4 Å². The third-order valence-electron chi connectivity index (χ3n) is 7.03. The number of hydrogen-bond donors (Lipinski definition) is 2. The number of nitrogens with zero attached hydrogens (tertiary/aromatic N) is 2. The van der Waals surface area contributed by atoms with E-state index in [1.807, 2.05) is 13.0 Å². The highest BCUT2D eigenvalue weighted by atomic mass is 19.1. The fourth-order valence-corrected chi connectivity index (χ4v) is 5.66. The summed E-state index contributed by atoms with van der Waals surface area (Å²) < 4.78 is 21.5. The van der Waals surface area contributed by atoms with Crippen molar-refractivity contribution < 1.29 is 28.3 Å². The van der Waals surface area contributed by atoms with Gasteiger partial charge in [0.25, 0.3) is 0 Å². The SMILES string of the molecule is C[C@@H]1CN2c3c(F)cc(C(=O)CCC4=NC=CC4)cc3CC3(C(=O)NC(=O)NC3=O)[C@H]2[C@H](C)O1. The number of imide groups is 2. The molecule has 4 heterocycles. The molecule has 2 saturated heterocycles. The lowest BCUT2D eigenvalue weighted by atomic mass is 9.66. The number of allylic oxidation sites excluding steroid dienone is 1. The first-order chi connectivity index (χ1) is 16.2. The molecule has 2 fully saturated rings. The maximum Gasteiger partial charge on any atom is 0.328 e. The fraction of sp³-hybridized carbons (Fsp3) is 0.458. The molecule has 0 aliphatic carbocycles. The Hall–Kier alpha value is -3.40. The molecule has 0 aromatic heterocycles. The van der Waals surface area contributed by atoms with Crippen molar-refractivity contribution in [2.45, 2.75) is 57.8 Å². The van der Waals surface area contributed by atoms with Crippen LogP contribution in [0.2, 0.25) is 0 Å². The van der Waals surface area contributed by atoms with Gasteiger partial charge in [0.2, 0.25) is 11.8 Å². The Morgan fingerprint density at radius 3 is 2.65 bits per heavy atom. The third kappa shape index (κ3) is 3.44. The number of halogens is 1. The van der Waals surface area contributed by atoms with Gasteiger partial charge < -0.3 is 9.64 Å². The zero-order valence-corrected chi connectivity index (χ0v) is 18.9. The Labute approximate surface area is 195 Å². The standard InChI is InChI=1S/C24H25FN4O5/c1-12-11-29-19-15(8-14(9-17(19)25)18(30)6-5-16-4-3-7-26-16)10-24(20(29)13(2)34-12)21(31)27-23(33)28-22(24)32/h3,7-9,12-13,20H,4-6,10-11H2,1-2H3,(H2,27,28,31,32,33)/t12-,13+,20-/m1/s1. The number of amides is 4. The number of Topliss-reactive ketones (excluding diaryl/α,β-unsaturated/α-hetero) is 1. The summed E-state index contributed by atoms with van der Waals surface area (Å²) in [6.07, 6.45) is 3.91. The Morgan fingerprint density at radius 1 is 1.24 bits per heavy atom. The number of fused-ring (bicyclic) bond motifs is 4. The number of anilines is 1. The number of carbonyl (C=O) groups excluding carboxylic acids is 4. The normalized spacial score (nSPS) is 27.1. The average Bonchev–Trinajstić information content (AvgIpc) is 3.28. The molecule has 178 valence electrons. The highest BCUT2D eigenvalue weighted by Gasteiger charge is 2.63. The molecule has 10 heteroatoms. The van der Waals surface area contributed by atoms with Crippen LogP contribution in [0.1, 0.15) is 49.0 Å². The predicted molar refractivity (Wildman–Crippen MR) is 120 cm³/mol. The molecule has 5 rings (SSSR count). The second-order valence-electron chi connectivity index (χ2n) is 9.31. The molecule has 1 aromatic rings. The van der Waals surface area contributed by atoms with Gasteiger partial charge in [-0.05, 0) is 38.0 Å². The zero-order valence-electron chi connectivity index (χ0n) is 18.9. The summed E-state index contributed by atoms with van der Waals surface area (Å²) in [7, 11) is 0. The molecular formula is C24H25FN4O5. The van der Waals surface area contributed by atoms with Gasteiger partial charge in [0.05, 0.1) is 23.9 Å². The second-order valence-corrected chi connectivity index (χ2v) is 9.31. The second kappa shape index (κ2) is 8.12. The van der Waals surface area contributed by atoms with E-state index >= 15 is 4.39 Å². The van der Waals surface area contributed by atoms with E-state index < -0.39 is 41.2 Å². The number of nitrogens with one attached hydrogen (secondary N) is 2. The van der Waals surface area contributed by atoms with Crippen LogP contribution in [0.15, 0.2) is 29.4 Å². The largest absolute Gasteiger partial charge is 0.372 e. The van der Waals surface area contributed by atoms with Crippen molar-refractivity contribution in [1.29, 1.82) is 0 Å². The number of morpholine rings is 1. The van der Waals surface area contributed by atoms with Crippen molar-refractivity contribution in [2.24, 2.45) is 10.4 Å². The van der Waals surface area contributed by atoms with Gasteiger partial charge >= 0.3 is 6.03 Å². The molecular weight excluding hydrogens is 443 g/mol. The number of hydrogen-bond acceptors (Lipinski definition) is 7. The van der Waals surface area contributed by atoms with Gasteiger partial charge in [-0.15, -0.1) is 0 Å². The molecule has 2 N–H and O–H groups in total. The molecule has 0 saturated carbocycles. The van der Waals surface area contributed by atoms with Crippen LogP contribution >= 0.6 is 0 Å². The van der Waals surface area contributed by atoms with Crippen LogP contribution in [0, 0.1) is 11.2 Å². The lowest BCUT2D eigenvalue weighted by molar-refractivity contribution is -0.153. The van der Waals surface area contributed by atoms with Crippen LogP contribution in [0.25, 0.3) is 0 Å². The van der Waals surface area contributed by atoms with E-state index in [1.165, 1.54) is 6.07 Å². The molecule has 34 heavy (non-hydrogen) atoms. The quantitative estimate of drug-likeness (QED) is 0.516. The maximum absolute atomic E-state index is 15.5. The summed E-state index contributed by atoms with van der Waals surface area (Å²) in [5, 5.41) is 4.40. The molecule has 0 bridgehead atoms. The van der Waals surface area contributed by atoms with Gasteiger partial charge in [-0.2, -0.15) is 0 Å². The summed E-state index contributed by atoms with van der Waals surface area (Å²) in [6.45, 7) is 3.80. The molecule has 0 radical (unpaired) electrons. The van der Waals surface area contributed by atoms with Crippen molar-refractivity contribution in [3.63, 3.8) is 0 Å². The van der Waals surface area contributed by atoms with Crippen LogP contribution in [-0.4, -0.2) is 54.1 Å². The Kier molecular flexibility index (Phi) is 5.35. The molecule has 4 aliphatic rings. The first-order valence-electron chi connectivity index (χ1n) is 11.4. The van der Waals surface area contributed by atoms with Gasteiger partial charge in [0.1, 0.15) is 5.82 Å². The summed E-state index contributed by atoms with van der Waals surface area (Å²) in [5.74, 6) is -2.34. The summed E-state index contributed by atoms with van der Waals surface area (Å²) in [6, 6.07) is 1.07. The Morgan fingerprint density at radius 2 is 1.97 bits per heavy atom. The minimum Gasteiger partial charge on any atom is -0.372 e. The van der Waals surface area contributed by atoms with Crippen LogP contribution in [0.3, 0.4) is 0 Å². The molecule has 3 atom stereocenters. The van der Waals surface area contributed by atoms with Crippen molar-refractivity contribution in [3.05, 3.63) is 41.4 Å². The third-order valence-corrected chi connectivity index (χ3v) is 7.03. The molecule has 4 aliphatic heterocycles. The smallest absolute Gasteiger partial charge is 0.328 e. The van der Waals surface area contributed by atoms with Gasteiger partial charge in [-0.3, -0.25) is 30.0 Å². The van der Waals surface area contributed by atoms with Gasteiger partial charge in [0, 0.05) is 43.3 Å². The highest BCUT2D eigenvalue weighted by Crippen LogP contribution is 2.47. The summed E-state index contributed by atoms with van der Waals surface area (Å²) in [4.78, 5) is 56.9. The van der Waals surface area contributed by atoms with Crippen molar-refractivity contribution in [3.8, 4) is 0 Å². The van der Waals surface area contributed by atoms with E-state index in [1.54, 1.807) is 24.1 Å². The highest BCUT2D eigenvalue weighted by molar-refractivity contribution is 6.20. The van der Waals surface area contributed by atoms with Crippen LogP contribution < -0.4 is 15.5 Å². The van der Waals surface area contributed by atoms with E-state index in [0.29, 0.717) is 18.4 Å². The number of benzene rings is 1. The molecule has 1 spiro atoms. The van der Waals surface area contributed by atoms with E-state index in [9.17, 15) is 19.2 Å².